The van der Waals surface area contributed by atoms with Gasteiger partial charge in [-0.15, -0.1) is 0 Å². The minimum atomic E-state index is -1.59. The lowest BCUT2D eigenvalue weighted by Crippen LogP contribution is -2.56. The van der Waals surface area contributed by atoms with Crippen molar-refractivity contribution in [3.05, 3.63) is 144 Å². The first-order valence-electron chi connectivity index (χ1n) is 12.4. The van der Waals surface area contributed by atoms with Crippen molar-refractivity contribution in [2.24, 2.45) is 0 Å². The Kier molecular flexibility index (Phi) is 6.90. The average molecular weight is 513 g/mol. The molecule has 1 aliphatic rings. The molecule has 0 bridgehead atoms. The van der Waals surface area contributed by atoms with Crippen LogP contribution in [0.2, 0.25) is 0 Å². The number of rotatable bonds is 7. The summed E-state index contributed by atoms with van der Waals surface area (Å²) in [6.45, 7) is 3.69. The van der Waals surface area contributed by atoms with Gasteiger partial charge in [-0.1, -0.05) is 121 Å². The van der Waals surface area contributed by atoms with Gasteiger partial charge in [-0.05, 0) is 36.1 Å². The molecule has 1 N–H and O–H groups in total. The van der Waals surface area contributed by atoms with Crippen molar-refractivity contribution < 1.29 is 18.8 Å². The summed E-state index contributed by atoms with van der Waals surface area (Å²) in [4.78, 5) is 0. The van der Waals surface area contributed by atoms with E-state index >= 15 is 0 Å². The van der Waals surface area contributed by atoms with Crippen LogP contribution in [0, 0.1) is 0 Å². The second-order valence-electron chi connectivity index (χ2n) is 9.90. The van der Waals surface area contributed by atoms with Crippen LogP contribution in [0.25, 0.3) is 0 Å². The zero-order valence-electron chi connectivity index (χ0n) is 21.3. The van der Waals surface area contributed by atoms with Gasteiger partial charge in [0.05, 0.1) is 0 Å². The molecule has 5 rings (SSSR count). The van der Waals surface area contributed by atoms with E-state index in [-0.39, 0.29) is 0 Å². The second kappa shape index (κ2) is 9.99. The molecule has 1 heterocycles. The van der Waals surface area contributed by atoms with Crippen molar-refractivity contribution >= 4 is 10.8 Å². The molecule has 1 unspecified atom stereocenters. The number of aliphatic hydroxyl groups is 1. The Balaban J connectivity index is 1.83. The Morgan fingerprint density at radius 2 is 0.946 bits per heavy atom. The molecule has 3 atom stereocenters. The van der Waals surface area contributed by atoms with Crippen LogP contribution < -0.4 is 0 Å². The summed E-state index contributed by atoms with van der Waals surface area (Å²) >= 11 is 0. The Hall–Kier alpha value is -3.09. The second-order valence-corrected chi connectivity index (χ2v) is 11.4. The van der Waals surface area contributed by atoms with Gasteiger partial charge in [0, 0.05) is 17.1 Å². The van der Waals surface area contributed by atoms with Crippen LogP contribution >= 0.6 is 0 Å². The average Bonchev–Trinajstić information content (AvgIpc) is 3.26. The summed E-state index contributed by atoms with van der Waals surface area (Å²) in [6.07, 6.45) is 0.00990. The minimum absolute atomic E-state index is 0.675. The van der Waals surface area contributed by atoms with Crippen LogP contribution in [-0.2, 0) is 30.6 Å². The standard InChI is InChI=1S/C32H32O4S/c1-30(2)35-28(31(33,24-16-8-4-9-17-24)25-18-10-5-11-19-25)29(36-30)32(37(3)34,26-20-12-6-13-21-26)27-22-14-7-15-23-27/h4-23,28-29,33H,1-3H3/t28-,29-,37?/m0/s1. The summed E-state index contributed by atoms with van der Waals surface area (Å²) in [7, 11) is -1.47. The summed E-state index contributed by atoms with van der Waals surface area (Å²) in [5.41, 5.74) is 1.43. The molecule has 0 amide bonds. The summed E-state index contributed by atoms with van der Waals surface area (Å²) in [5, 5.41) is 12.8. The quantitative estimate of drug-likeness (QED) is 0.342. The number of ether oxygens (including phenoxy) is 2. The van der Waals surface area contributed by atoms with E-state index in [4.69, 9.17) is 9.47 Å². The summed E-state index contributed by atoms with van der Waals surface area (Å²) in [5.74, 6) is -1.04. The number of hydrogen-bond acceptors (Lipinski definition) is 4. The Morgan fingerprint density at radius 3 is 1.30 bits per heavy atom. The maximum Gasteiger partial charge on any atom is 0.164 e. The maximum absolute atomic E-state index is 14.1. The highest BCUT2D eigenvalue weighted by Gasteiger charge is 2.63. The first kappa shape index (κ1) is 25.6. The third-order valence-corrected chi connectivity index (χ3v) is 8.81. The molecule has 1 aliphatic heterocycles. The number of hydrogen-bond donors (Lipinski definition) is 1. The van der Waals surface area contributed by atoms with E-state index < -0.39 is 39.1 Å². The van der Waals surface area contributed by atoms with E-state index in [2.05, 4.69) is 0 Å². The van der Waals surface area contributed by atoms with E-state index in [1.165, 1.54) is 0 Å². The fourth-order valence-corrected chi connectivity index (χ4v) is 7.04. The van der Waals surface area contributed by atoms with Gasteiger partial charge >= 0.3 is 0 Å². The molecule has 4 aromatic carbocycles. The lowest BCUT2D eigenvalue weighted by atomic mass is 9.74. The predicted molar refractivity (Wildman–Crippen MR) is 147 cm³/mol. The SMILES string of the molecule is CS(=O)C(c1ccccc1)(c1ccccc1)[C@H]1OC(C)(C)O[C@@H]1C(O)(c1ccccc1)c1ccccc1. The van der Waals surface area contributed by atoms with Crippen LogP contribution in [-0.4, -0.2) is 33.6 Å². The first-order chi connectivity index (χ1) is 17.8. The smallest absolute Gasteiger partial charge is 0.164 e. The highest BCUT2D eigenvalue weighted by atomic mass is 32.2. The normalized spacial score (nSPS) is 20.4. The molecular weight excluding hydrogens is 480 g/mol. The van der Waals surface area contributed by atoms with Gasteiger partial charge in [-0.3, -0.25) is 4.21 Å². The summed E-state index contributed by atoms with van der Waals surface area (Å²) < 4.78 is 26.3. The van der Waals surface area contributed by atoms with Gasteiger partial charge in [-0.25, -0.2) is 0 Å². The van der Waals surface area contributed by atoms with Gasteiger partial charge in [0.15, 0.2) is 5.79 Å². The summed E-state index contributed by atoms with van der Waals surface area (Å²) in [6, 6.07) is 38.6. The van der Waals surface area contributed by atoms with Gasteiger partial charge < -0.3 is 14.6 Å². The van der Waals surface area contributed by atoms with E-state index in [1.54, 1.807) is 6.26 Å². The van der Waals surface area contributed by atoms with Crippen molar-refractivity contribution in [3.63, 3.8) is 0 Å². The Labute approximate surface area is 221 Å². The third kappa shape index (κ3) is 4.36. The highest BCUT2D eigenvalue weighted by molar-refractivity contribution is 7.85. The molecule has 0 spiro atoms. The van der Waals surface area contributed by atoms with Crippen molar-refractivity contribution in [3.8, 4) is 0 Å². The molecule has 0 aliphatic carbocycles. The Morgan fingerprint density at radius 1 is 0.622 bits per heavy atom. The molecular formula is C32H32O4S. The van der Waals surface area contributed by atoms with Crippen molar-refractivity contribution in [2.45, 2.75) is 42.2 Å². The molecule has 4 aromatic rings. The van der Waals surface area contributed by atoms with Gasteiger partial charge in [0.2, 0.25) is 0 Å². The van der Waals surface area contributed by atoms with Crippen LogP contribution in [0.5, 0.6) is 0 Å². The fourth-order valence-electron chi connectivity index (χ4n) is 5.61. The van der Waals surface area contributed by atoms with Crippen LogP contribution in [0.3, 0.4) is 0 Å². The molecule has 0 aromatic heterocycles. The third-order valence-electron chi connectivity index (χ3n) is 7.20. The van der Waals surface area contributed by atoms with E-state index in [0.29, 0.717) is 11.1 Å². The topological polar surface area (TPSA) is 55.8 Å². The van der Waals surface area contributed by atoms with Gasteiger partial charge in [0.25, 0.3) is 0 Å². The number of benzene rings is 4. The molecule has 5 heteroatoms. The van der Waals surface area contributed by atoms with Crippen molar-refractivity contribution in [1.29, 1.82) is 0 Å². The Bertz CT molecular complexity index is 1260. The molecule has 1 fully saturated rings. The van der Waals surface area contributed by atoms with Crippen LogP contribution in [0.15, 0.2) is 121 Å². The zero-order chi connectivity index (χ0) is 26.1. The van der Waals surface area contributed by atoms with Gasteiger partial charge in [0.1, 0.15) is 22.6 Å². The van der Waals surface area contributed by atoms with Crippen LogP contribution in [0.4, 0.5) is 0 Å². The van der Waals surface area contributed by atoms with E-state index in [0.717, 1.165) is 11.1 Å². The molecule has 4 nitrogen and oxygen atoms in total. The van der Waals surface area contributed by atoms with E-state index in [1.807, 2.05) is 135 Å². The lowest BCUT2D eigenvalue weighted by Gasteiger charge is -2.44. The zero-order valence-corrected chi connectivity index (χ0v) is 22.1. The van der Waals surface area contributed by atoms with Gasteiger partial charge in [-0.2, -0.15) is 0 Å². The lowest BCUT2D eigenvalue weighted by molar-refractivity contribution is -0.166. The van der Waals surface area contributed by atoms with Crippen molar-refractivity contribution in [2.75, 3.05) is 6.26 Å². The first-order valence-corrected chi connectivity index (χ1v) is 14.0. The molecule has 0 saturated carbocycles. The van der Waals surface area contributed by atoms with Crippen molar-refractivity contribution in [1.82, 2.24) is 0 Å². The minimum Gasteiger partial charge on any atom is -0.378 e. The van der Waals surface area contributed by atoms with E-state index in [9.17, 15) is 9.32 Å². The molecule has 0 radical (unpaired) electrons. The molecule has 190 valence electrons. The molecule has 1 saturated heterocycles. The molecule has 37 heavy (non-hydrogen) atoms. The van der Waals surface area contributed by atoms with Crippen LogP contribution in [0.1, 0.15) is 36.1 Å². The highest BCUT2D eigenvalue weighted by Crippen LogP contribution is 2.52. The maximum atomic E-state index is 14.1. The largest absolute Gasteiger partial charge is 0.378 e. The monoisotopic (exact) mass is 512 g/mol. The predicted octanol–water partition coefficient (Wildman–Crippen LogP) is 5.76. The fraction of sp³-hybridized carbons (Fsp3) is 0.250.